The van der Waals surface area contributed by atoms with Crippen LogP contribution in [0.15, 0.2) is 22.7 Å². The van der Waals surface area contributed by atoms with Crippen molar-refractivity contribution in [2.75, 3.05) is 13.1 Å². The molecule has 4 heteroatoms. The molecule has 0 saturated carbocycles. The molecule has 0 aliphatic carbocycles. The molecule has 1 aromatic rings. The quantitative estimate of drug-likeness (QED) is 0.843. The second-order valence-corrected chi connectivity index (χ2v) is 6.94. The van der Waals surface area contributed by atoms with E-state index in [1.54, 1.807) is 0 Å². The van der Waals surface area contributed by atoms with Gasteiger partial charge in [-0.05, 0) is 37.5 Å². The van der Waals surface area contributed by atoms with Gasteiger partial charge >= 0.3 is 0 Å². The van der Waals surface area contributed by atoms with Crippen LogP contribution < -0.4 is 5.32 Å². The van der Waals surface area contributed by atoms with Gasteiger partial charge in [-0.1, -0.05) is 47.4 Å². The summed E-state index contributed by atoms with van der Waals surface area (Å²) in [5.41, 5.74) is 1.23. The fourth-order valence-electron chi connectivity index (χ4n) is 3.03. The van der Waals surface area contributed by atoms with Crippen molar-refractivity contribution in [3.8, 4) is 0 Å². The van der Waals surface area contributed by atoms with Crippen molar-refractivity contribution in [2.45, 2.75) is 51.7 Å². The molecule has 20 heavy (non-hydrogen) atoms. The molecule has 0 spiro atoms. The summed E-state index contributed by atoms with van der Waals surface area (Å²) < 4.78 is 1.04. The number of nitrogens with zero attached hydrogens (tertiary/aromatic N) is 1. The Morgan fingerprint density at radius 2 is 2.15 bits per heavy atom. The lowest BCUT2D eigenvalue weighted by Gasteiger charge is -2.43. The maximum absolute atomic E-state index is 6.43. The molecule has 3 atom stereocenters. The fourth-order valence-corrected chi connectivity index (χ4v) is 3.86. The van der Waals surface area contributed by atoms with Crippen LogP contribution in [0.4, 0.5) is 0 Å². The molecule has 1 aliphatic rings. The minimum Gasteiger partial charge on any atom is -0.311 e. The van der Waals surface area contributed by atoms with Gasteiger partial charge < -0.3 is 5.32 Å². The van der Waals surface area contributed by atoms with Crippen molar-refractivity contribution in [1.29, 1.82) is 0 Å². The SMILES string of the molecule is CCC1CN(C(C)c2ccc(Br)cc2Cl)C(CC)CN1. The number of hydrogen-bond acceptors (Lipinski definition) is 2. The van der Waals surface area contributed by atoms with E-state index in [0.717, 1.165) is 22.6 Å². The lowest BCUT2D eigenvalue weighted by molar-refractivity contribution is 0.0851. The van der Waals surface area contributed by atoms with Crippen molar-refractivity contribution in [3.63, 3.8) is 0 Å². The van der Waals surface area contributed by atoms with E-state index < -0.39 is 0 Å². The van der Waals surface area contributed by atoms with E-state index in [-0.39, 0.29) is 0 Å². The Balaban J connectivity index is 2.21. The predicted molar refractivity (Wildman–Crippen MR) is 90.4 cm³/mol. The third-order valence-corrected chi connectivity index (χ3v) is 5.24. The van der Waals surface area contributed by atoms with Gasteiger partial charge in [0.25, 0.3) is 0 Å². The fraction of sp³-hybridized carbons (Fsp3) is 0.625. The van der Waals surface area contributed by atoms with Gasteiger partial charge in [-0.25, -0.2) is 0 Å². The molecule has 1 heterocycles. The van der Waals surface area contributed by atoms with Gasteiger partial charge in [0.2, 0.25) is 0 Å². The topological polar surface area (TPSA) is 15.3 Å². The van der Waals surface area contributed by atoms with Crippen LogP contribution in [0, 0.1) is 0 Å². The van der Waals surface area contributed by atoms with Gasteiger partial charge in [-0.2, -0.15) is 0 Å². The summed E-state index contributed by atoms with van der Waals surface area (Å²) in [4.78, 5) is 2.61. The molecular formula is C16H24BrClN2. The zero-order valence-corrected chi connectivity index (χ0v) is 14.8. The molecule has 112 valence electrons. The van der Waals surface area contributed by atoms with Crippen molar-refractivity contribution < 1.29 is 0 Å². The first kappa shape index (κ1) is 16.3. The zero-order valence-electron chi connectivity index (χ0n) is 12.5. The Bertz CT molecular complexity index is 452. The first-order valence-corrected chi connectivity index (χ1v) is 8.68. The van der Waals surface area contributed by atoms with E-state index in [2.05, 4.69) is 59.1 Å². The Kier molecular flexibility index (Phi) is 5.91. The van der Waals surface area contributed by atoms with Crippen molar-refractivity contribution in [1.82, 2.24) is 10.2 Å². The molecule has 1 saturated heterocycles. The van der Waals surface area contributed by atoms with Gasteiger partial charge in [0, 0.05) is 40.7 Å². The first-order chi connectivity index (χ1) is 9.56. The average Bonchev–Trinajstić information content (AvgIpc) is 2.46. The molecular weight excluding hydrogens is 336 g/mol. The van der Waals surface area contributed by atoms with E-state index in [0.29, 0.717) is 18.1 Å². The highest BCUT2D eigenvalue weighted by molar-refractivity contribution is 9.10. The van der Waals surface area contributed by atoms with Gasteiger partial charge in [-0.3, -0.25) is 4.90 Å². The van der Waals surface area contributed by atoms with E-state index in [1.165, 1.54) is 18.4 Å². The normalized spacial score (nSPS) is 25.6. The molecule has 3 unspecified atom stereocenters. The van der Waals surface area contributed by atoms with E-state index in [4.69, 9.17) is 11.6 Å². The van der Waals surface area contributed by atoms with Gasteiger partial charge in [0.1, 0.15) is 0 Å². The smallest absolute Gasteiger partial charge is 0.0464 e. The maximum atomic E-state index is 6.43. The number of benzene rings is 1. The molecule has 2 nitrogen and oxygen atoms in total. The summed E-state index contributed by atoms with van der Waals surface area (Å²) in [6.07, 6.45) is 2.34. The number of rotatable bonds is 4. The van der Waals surface area contributed by atoms with Crippen LogP contribution >= 0.6 is 27.5 Å². The molecule has 1 N–H and O–H groups in total. The molecule has 0 amide bonds. The lowest BCUT2D eigenvalue weighted by atomic mass is 9.99. The highest BCUT2D eigenvalue weighted by atomic mass is 79.9. The third kappa shape index (κ3) is 3.56. The maximum Gasteiger partial charge on any atom is 0.0464 e. The Hall–Kier alpha value is -0.0900. The molecule has 0 radical (unpaired) electrons. The Morgan fingerprint density at radius 1 is 1.40 bits per heavy atom. The van der Waals surface area contributed by atoms with Crippen LogP contribution in [0.3, 0.4) is 0 Å². The summed E-state index contributed by atoms with van der Waals surface area (Å²) in [5, 5.41) is 4.50. The van der Waals surface area contributed by atoms with Gasteiger partial charge in [0.15, 0.2) is 0 Å². The molecule has 0 aromatic heterocycles. The summed E-state index contributed by atoms with van der Waals surface area (Å²) >= 11 is 9.91. The largest absolute Gasteiger partial charge is 0.311 e. The second kappa shape index (κ2) is 7.26. The van der Waals surface area contributed by atoms with Gasteiger partial charge in [-0.15, -0.1) is 0 Å². The highest BCUT2D eigenvalue weighted by Crippen LogP contribution is 2.32. The average molecular weight is 360 g/mol. The molecule has 1 aromatic carbocycles. The van der Waals surface area contributed by atoms with Crippen LogP contribution in [0.5, 0.6) is 0 Å². The minimum atomic E-state index is 0.358. The van der Waals surface area contributed by atoms with Crippen LogP contribution in [0.2, 0.25) is 5.02 Å². The minimum absolute atomic E-state index is 0.358. The van der Waals surface area contributed by atoms with Gasteiger partial charge in [0.05, 0.1) is 0 Å². The molecule has 0 bridgehead atoms. The van der Waals surface area contributed by atoms with Crippen LogP contribution in [-0.4, -0.2) is 30.1 Å². The van der Waals surface area contributed by atoms with E-state index in [1.807, 2.05) is 6.07 Å². The lowest BCUT2D eigenvalue weighted by Crippen LogP contribution is -2.56. The molecule has 1 aliphatic heterocycles. The van der Waals surface area contributed by atoms with Crippen LogP contribution in [0.1, 0.15) is 45.2 Å². The summed E-state index contributed by atoms with van der Waals surface area (Å²) in [7, 11) is 0. The molecule has 2 rings (SSSR count). The van der Waals surface area contributed by atoms with Crippen molar-refractivity contribution >= 4 is 27.5 Å². The second-order valence-electron chi connectivity index (χ2n) is 5.61. The first-order valence-electron chi connectivity index (χ1n) is 7.50. The van der Waals surface area contributed by atoms with Crippen molar-refractivity contribution in [3.05, 3.63) is 33.3 Å². The Morgan fingerprint density at radius 3 is 2.75 bits per heavy atom. The summed E-state index contributed by atoms with van der Waals surface area (Å²) in [5.74, 6) is 0. The van der Waals surface area contributed by atoms with E-state index in [9.17, 15) is 0 Å². The zero-order chi connectivity index (χ0) is 14.7. The summed E-state index contributed by atoms with van der Waals surface area (Å²) in [6.45, 7) is 8.97. The Labute approximate surface area is 136 Å². The van der Waals surface area contributed by atoms with Crippen LogP contribution in [-0.2, 0) is 0 Å². The molecule has 1 fully saturated rings. The number of halogens is 2. The van der Waals surface area contributed by atoms with Crippen molar-refractivity contribution in [2.24, 2.45) is 0 Å². The third-order valence-electron chi connectivity index (χ3n) is 4.42. The van der Waals surface area contributed by atoms with E-state index >= 15 is 0 Å². The number of nitrogens with one attached hydrogen (secondary N) is 1. The highest BCUT2D eigenvalue weighted by Gasteiger charge is 2.30. The van der Waals surface area contributed by atoms with Crippen LogP contribution in [0.25, 0.3) is 0 Å². The number of hydrogen-bond donors (Lipinski definition) is 1. The number of piperazine rings is 1. The predicted octanol–water partition coefficient (Wildman–Crippen LogP) is 4.63. The summed E-state index contributed by atoms with van der Waals surface area (Å²) in [6, 6.07) is 7.76. The standard InChI is InChI=1S/C16H24BrClN2/c1-4-13-10-20(14(5-2)9-19-13)11(3)15-7-6-12(17)8-16(15)18/h6-8,11,13-14,19H,4-5,9-10H2,1-3H3. The monoisotopic (exact) mass is 358 g/mol.